The maximum atomic E-state index is 14.2. The van der Waals surface area contributed by atoms with Crippen LogP contribution in [-0.4, -0.2) is 27.0 Å². The molecule has 12 heteroatoms. The molecule has 26 heavy (non-hydrogen) atoms. The number of nitrogens with one attached hydrogen (secondary N) is 1. The number of aromatic nitrogens is 3. The highest BCUT2D eigenvalue weighted by atomic mass is 35.5. The van der Waals surface area contributed by atoms with Crippen molar-refractivity contribution in [3.8, 4) is 0 Å². The number of hydrogen-bond acceptors (Lipinski definition) is 4. The molecule has 0 radical (unpaired) electrons. The van der Waals surface area contributed by atoms with Gasteiger partial charge >= 0.3 is 6.18 Å². The predicted octanol–water partition coefficient (Wildman–Crippen LogP) is 3.75. The van der Waals surface area contributed by atoms with E-state index in [2.05, 4.69) is 15.4 Å². The summed E-state index contributed by atoms with van der Waals surface area (Å²) >= 11 is 6.16. The van der Waals surface area contributed by atoms with Crippen LogP contribution in [0.2, 0.25) is 0 Å². The molecule has 1 aromatic heterocycles. The van der Waals surface area contributed by atoms with Crippen molar-refractivity contribution in [1.29, 1.82) is 0 Å². The summed E-state index contributed by atoms with van der Waals surface area (Å²) in [6, 6.07) is -1.28. The van der Waals surface area contributed by atoms with Crippen molar-refractivity contribution in [3.63, 3.8) is 0 Å². The fraction of sp³-hybridized carbons (Fsp3) is 0.286. The highest BCUT2D eigenvalue weighted by molar-refractivity contribution is 6.20. The summed E-state index contributed by atoms with van der Waals surface area (Å²) in [4.78, 5) is 4.51. The van der Waals surface area contributed by atoms with Gasteiger partial charge < -0.3 is 5.32 Å². The van der Waals surface area contributed by atoms with E-state index in [-0.39, 0.29) is 11.6 Å². The Morgan fingerprint density at radius 2 is 1.81 bits per heavy atom. The van der Waals surface area contributed by atoms with Gasteiger partial charge in [0.25, 0.3) is 0 Å². The van der Waals surface area contributed by atoms with Gasteiger partial charge in [-0.3, -0.25) is 4.90 Å². The molecule has 3 rings (SSSR count). The molecule has 2 heterocycles. The monoisotopic (exact) mass is 397 g/mol. The molecule has 1 aromatic carbocycles. The maximum absolute atomic E-state index is 14.2. The lowest BCUT2D eigenvalue weighted by Crippen LogP contribution is -2.47. The molecular weight excluding hydrogens is 388 g/mol. The quantitative estimate of drug-likeness (QED) is 0.487. The standard InChI is InChI=1S/C14H10ClF6N5/c1-6(14(19,20)21)24-11-4-10-22-5-23-26(10)13(15)25(11)12-8(17)2-7(16)3-9(12)18/h2-6,13,24H,1H3. The molecule has 0 saturated carbocycles. The minimum atomic E-state index is -4.64. The van der Waals surface area contributed by atoms with E-state index in [1.54, 1.807) is 0 Å². The minimum absolute atomic E-state index is 0.0704. The molecule has 2 unspecified atom stereocenters. The molecule has 0 bridgehead atoms. The third-order valence-electron chi connectivity index (χ3n) is 3.62. The van der Waals surface area contributed by atoms with Crippen LogP contribution in [0.15, 0.2) is 24.3 Å². The summed E-state index contributed by atoms with van der Waals surface area (Å²) in [5.74, 6) is -4.18. The van der Waals surface area contributed by atoms with Crippen molar-refractivity contribution < 1.29 is 26.3 Å². The number of rotatable bonds is 3. The average Bonchev–Trinajstić information content (AvgIpc) is 2.96. The first-order chi connectivity index (χ1) is 12.1. The normalized spacial score (nSPS) is 18.4. The van der Waals surface area contributed by atoms with E-state index >= 15 is 0 Å². The molecule has 1 N–H and O–H groups in total. The SMILES string of the molecule is CC(NC1=Cc2ncnn2C(Cl)N1c1c(F)cc(F)cc1F)C(F)(F)F. The van der Waals surface area contributed by atoms with Gasteiger partial charge in [-0.1, -0.05) is 11.6 Å². The highest BCUT2D eigenvalue weighted by Crippen LogP contribution is 2.38. The van der Waals surface area contributed by atoms with Crippen molar-refractivity contribution in [2.75, 3.05) is 4.90 Å². The molecule has 0 spiro atoms. The van der Waals surface area contributed by atoms with Crippen LogP contribution in [0.1, 0.15) is 18.4 Å². The number of benzene rings is 1. The van der Waals surface area contributed by atoms with Gasteiger partial charge in [-0.15, -0.1) is 0 Å². The summed E-state index contributed by atoms with van der Waals surface area (Å²) < 4.78 is 81.4. The molecule has 2 atom stereocenters. The Morgan fingerprint density at radius 3 is 2.38 bits per heavy atom. The molecule has 140 valence electrons. The second kappa shape index (κ2) is 6.38. The van der Waals surface area contributed by atoms with Crippen molar-refractivity contribution in [1.82, 2.24) is 20.1 Å². The number of fused-ring (bicyclic) bond motifs is 1. The van der Waals surface area contributed by atoms with Crippen LogP contribution in [-0.2, 0) is 0 Å². The predicted molar refractivity (Wildman–Crippen MR) is 80.3 cm³/mol. The largest absolute Gasteiger partial charge is 0.408 e. The second-order valence-electron chi connectivity index (χ2n) is 5.40. The Balaban J connectivity index is 2.12. The number of alkyl halides is 4. The third kappa shape index (κ3) is 3.18. The van der Waals surface area contributed by atoms with Crippen LogP contribution in [0.3, 0.4) is 0 Å². The third-order valence-corrected chi connectivity index (χ3v) is 4.00. The molecule has 0 fully saturated rings. The van der Waals surface area contributed by atoms with E-state index < -0.39 is 41.0 Å². The van der Waals surface area contributed by atoms with Gasteiger partial charge in [0.1, 0.15) is 29.7 Å². The number of hydrogen-bond donors (Lipinski definition) is 1. The van der Waals surface area contributed by atoms with E-state index in [4.69, 9.17) is 11.6 Å². The number of anilines is 1. The van der Waals surface area contributed by atoms with Gasteiger partial charge in [0.15, 0.2) is 17.5 Å². The Labute approximate surface area is 147 Å². The Bertz CT molecular complexity index is 841. The second-order valence-corrected chi connectivity index (χ2v) is 5.79. The highest BCUT2D eigenvalue weighted by Gasteiger charge is 2.40. The number of halogens is 7. The van der Waals surface area contributed by atoms with Crippen LogP contribution in [0.4, 0.5) is 32.0 Å². The van der Waals surface area contributed by atoms with Gasteiger partial charge in [-0.2, -0.15) is 18.3 Å². The fourth-order valence-electron chi connectivity index (χ4n) is 2.35. The molecule has 1 aliphatic rings. The maximum Gasteiger partial charge on any atom is 0.408 e. The van der Waals surface area contributed by atoms with Gasteiger partial charge in [0.2, 0.25) is 5.62 Å². The van der Waals surface area contributed by atoms with Crippen LogP contribution in [0.25, 0.3) is 6.08 Å². The van der Waals surface area contributed by atoms with E-state index in [1.807, 2.05) is 0 Å². The van der Waals surface area contributed by atoms with E-state index in [0.717, 1.165) is 24.0 Å². The summed E-state index contributed by atoms with van der Waals surface area (Å²) in [6.07, 6.45) is -2.47. The van der Waals surface area contributed by atoms with Gasteiger partial charge in [-0.05, 0) is 6.92 Å². The van der Waals surface area contributed by atoms with Crippen molar-refractivity contribution in [2.45, 2.75) is 24.8 Å². The minimum Gasteiger partial charge on any atom is -0.360 e. The number of nitrogens with zero attached hydrogens (tertiary/aromatic N) is 4. The van der Waals surface area contributed by atoms with Crippen molar-refractivity contribution in [3.05, 3.63) is 47.6 Å². The van der Waals surface area contributed by atoms with Crippen molar-refractivity contribution >= 4 is 23.4 Å². The lowest BCUT2D eigenvalue weighted by Gasteiger charge is -2.36. The fourth-order valence-corrected chi connectivity index (χ4v) is 2.70. The summed E-state index contributed by atoms with van der Waals surface area (Å²) in [5.41, 5.74) is -2.28. The molecule has 1 aliphatic heterocycles. The summed E-state index contributed by atoms with van der Waals surface area (Å²) in [5, 5.41) is 5.88. The van der Waals surface area contributed by atoms with Gasteiger partial charge in [0.05, 0.1) is 0 Å². The average molecular weight is 398 g/mol. The molecule has 2 aromatic rings. The lowest BCUT2D eigenvalue weighted by atomic mass is 10.2. The van der Waals surface area contributed by atoms with Gasteiger partial charge in [0, 0.05) is 18.2 Å². The summed E-state index contributed by atoms with van der Waals surface area (Å²) in [7, 11) is 0. The van der Waals surface area contributed by atoms with Crippen molar-refractivity contribution in [2.24, 2.45) is 0 Å². The molecular formula is C14H10ClF6N5. The Kier molecular flexibility index (Phi) is 4.51. The van der Waals surface area contributed by atoms with Crippen LogP contribution in [0.5, 0.6) is 0 Å². The zero-order chi connectivity index (χ0) is 19.2. The van der Waals surface area contributed by atoms with Crippen LogP contribution in [0, 0.1) is 17.5 Å². The Hall–Kier alpha value is -2.43. The van der Waals surface area contributed by atoms with Crippen LogP contribution >= 0.6 is 11.6 Å². The van der Waals surface area contributed by atoms with Crippen LogP contribution < -0.4 is 10.2 Å². The molecule has 0 saturated heterocycles. The molecule has 5 nitrogen and oxygen atoms in total. The van der Waals surface area contributed by atoms with E-state index in [9.17, 15) is 26.3 Å². The first-order valence-corrected chi connectivity index (χ1v) is 7.55. The molecule has 0 aliphatic carbocycles. The van der Waals surface area contributed by atoms with E-state index in [0.29, 0.717) is 17.0 Å². The smallest absolute Gasteiger partial charge is 0.360 e. The first kappa shape index (κ1) is 18.4. The lowest BCUT2D eigenvalue weighted by molar-refractivity contribution is -0.149. The molecule has 0 amide bonds. The van der Waals surface area contributed by atoms with Gasteiger partial charge in [-0.25, -0.2) is 22.8 Å². The zero-order valence-electron chi connectivity index (χ0n) is 12.9. The topological polar surface area (TPSA) is 46.0 Å². The Morgan fingerprint density at radius 1 is 1.19 bits per heavy atom. The summed E-state index contributed by atoms with van der Waals surface area (Å²) in [6.45, 7) is 0.818. The first-order valence-electron chi connectivity index (χ1n) is 7.12. The zero-order valence-corrected chi connectivity index (χ0v) is 13.7. The van der Waals surface area contributed by atoms with E-state index in [1.165, 1.54) is 0 Å².